The van der Waals surface area contributed by atoms with Crippen molar-refractivity contribution in [2.24, 2.45) is 0 Å². The minimum atomic E-state index is 1.08. The van der Waals surface area contributed by atoms with Crippen LogP contribution in [0.4, 0.5) is 17.1 Å². The zero-order valence-corrected chi connectivity index (χ0v) is 16.7. The van der Waals surface area contributed by atoms with E-state index < -0.39 is 0 Å². The molecule has 0 saturated carbocycles. The maximum absolute atomic E-state index is 3.54. The highest BCUT2D eigenvalue weighted by Crippen LogP contribution is 2.37. The molecular weight excluding hydrogens is 394 g/mol. The standard InChI is InChI=1S/C25H20BrN/c1-19-7-5-6-10-25(19)27(24-17-13-22(26)14-18-24)23-15-11-21(12-16-23)20-8-3-2-4-9-20/h2-18H,1H3. The second-order valence-electron chi connectivity index (χ2n) is 6.51. The number of hydrogen-bond acceptors (Lipinski definition) is 1. The van der Waals surface area contributed by atoms with E-state index in [0.29, 0.717) is 0 Å². The van der Waals surface area contributed by atoms with E-state index in [1.165, 1.54) is 22.4 Å². The highest BCUT2D eigenvalue weighted by molar-refractivity contribution is 9.10. The molecule has 0 aliphatic heterocycles. The Kier molecular flexibility index (Phi) is 5.08. The second kappa shape index (κ2) is 7.81. The monoisotopic (exact) mass is 413 g/mol. The van der Waals surface area contributed by atoms with Crippen LogP contribution in [0.2, 0.25) is 0 Å². The molecule has 0 spiro atoms. The lowest BCUT2D eigenvalue weighted by Gasteiger charge is -2.27. The van der Waals surface area contributed by atoms with Crippen LogP contribution in [0.5, 0.6) is 0 Å². The fraction of sp³-hybridized carbons (Fsp3) is 0.0400. The van der Waals surface area contributed by atoms with Gasteiger partial charge < -0.3 is 4.90 Å². The van der Waals surface area contributed by atoms with E-state index in [1.54, 1.807) is 0 Å². The van der Waals surface area contributed by atoms with Gasteiger partial charge in [-0.15, -0.1) is 0 Å². The molecule has 132 valence electrons. The Hall–Kier alpha value is -2.84. The van der Waals surface area contributed by atoms with Crippen molar-refractivity contribution in [3.05, 3.63) is 113 Å². The first-order valence-corrected chi connectivity index (χ1v) is 9.78. The minimum absolute atomic E-state index is 1.08. The summed E-state index contributed by atoms with van der Waals surface area (Å²) >= 11 is 3.54. The molecule has 0 fully saturated rings. The molecule has 27 heavy (non-hydrogen) atoms. The van der Waals surface area contributed by atoms with Gasteiger partial charge in [-0.05, 0) is 66.1 Å². The zero-order valence-electron chi connectivity index (χ0n) is 15.1. The summed E-state index contributed by atoms with van der Waals surface area (Å²) in [6.07, 6.45) is 0. The Balaban J connectivity index is 1.79. The Bertz CT molecular complexity index is 1020. The van der Waals surface area contributed by atoms with Crippen LogP contribution in [0.25, 0.3) is 11.1 Å². The molecule has 0 N–H and O–H groups in total. The van der Waals surface area contributed by atoms with Gasteiger partial charge >= 0.3 is 0 Å². The lowest BCUT2D eigenvalue weighted by atomic mass is 10.0. The molecule has 0 heterocycles. The molecule has 0 aliphatic carbocycles. The summed E-state index contributed by atoms with van der Waals surface area (Å²) in [7, 11) is 0. The highest BCUT2D eigenvalue weighted by atomic mass is 79.9. The fourth-order valence-electron chi connectivity index (χ4n) is 3.27. The summed E-state index contributed by atoms with van der Waals surface area (Å²) in [5.41, 5.74) is 7.17. The number of nitrogens with zero attached hydrogens (tertiary/aromatic N) is 1. The van der Waals surface area contributed by atoms with E-state index in [-0.39, 0.29) is 0 Å². The molecule has 0 aromatic heterocycles. The highest BCUT2D eigenvalue weighted by Gasteiger charge is 2.14. The van der Waals surface area contributed by atoms with Gasteiger partial charge in [-0.1, -0.05) is 76.6 Å². The van der Waals surface area contributed by atoms with Crippen LogP contribution in [0.1, 0.15) is 5.56 Å². The van der Waals surface area contributed by atoms with Crippen molar-refractivity contribution in [3.8, 4) is 11.1 Å². The molecule has 0 saturated heterocycles. The third-order valence-corrected chi connectivity index (χ3v) is 5.20. The van der Waals surface area contributed by atoms with Crippen LogP contribution in [0.3, 0.4) is 0 Å². The van der Waals surface area contributed by atoms with E-state index in [1.807, 2.05) is 6.07 Å². The van der Waals surface area contributed by atoms with Gasteiger partial charge in [0.05, 0.1) is 0 Å². The van der Waals surface area contributed by atoms with Gasteiger partial charge in [0.25, 0.3) is 0 Å². The summed E-state index contributed by atoms with van der Waals surface area (Å²) in [6.45, 7) is 2.15. The predicted molar refractivity (Wildman–Crippen MR) is 119 cm³/mol. The molecule has 0 amide bonds. The molecule has 0 radical (unpaired) electrons. The summed E-state index contributed by atoms with van der Waals surface area (Å²) in [5.74, 6) is 0. The van der Waals surface area contributed by atoms with Crippen LogP contribution in [-0.4, -0.2) is 0 Å². The number of rotatable bonds is 4. The molecule has 4 aromatic rings. The van der Waals surface area contributed by atoms with Gasteiger partial charge in [-0.25, -0.2) is 0 Å². The maximum atomic E-state index is 3.54. The average molecular weight is 414 g/mol. The zero-order chi connectivity index (χ0) is 18.6. The normalized spacial score (nSPS) is 10.6. The van der Waals surface area contributed by atoms with Gasteiger partial charge in [0.2, 0.25) is 0 Å². The van der Waals surface area contributed by atoms with Crippen molar-refractivity contribution in [3.63, 3.8) is 0 Å². The smallest absolute Gasteiger partial charge is 0.0490 e. The van der Waals surface area contributed by atoms with Gasteiger partial charge in [0.15, 0.2) is 0 Å². The third-order valence-electron chi connectivity index (χ3n) is 4.67. The molecule has 2 heteroatoms. The van der Waals surface area contributed by atoms with Crippen molar-refractivity contribution >= 4 is 33.0 Å². The third kappa shape index (κ3) is 3.81. The van der Waals surface area contributed by atoms with E-state index in [0.717, 1.165) is 15.8 Å². The summed E-state index contributed by atoms with van der Waals surface area (Å²) in [5, 5.41) is 0. The molecular formula is C25H20BrN. The molecule has 0 bridgehead atoms. The number of halogens is 1. The lowest BCUT2D eigenvalue weighted by Crippen LogP contribution is -2.11. The first kappa shape index (κ1) is 17.6. The number of benzene rings is 4. The van der Waals surface area contributed by atoms with E-state index >= 15 is 0 Å². The number of aryl methyl sites for hydroxylation is 1. The Morgan fingerprint density at radius 3 is 1.70 bits per heavy atom. The van der Waals surface area contributed by atoms with Crippen LogP contribution < -0.4 is 4.90 Å². The maximum Gasteiger partial charge on any atom is 0.0490 e. The van der Waals surface area contributed by atoms with Crippen LogP contribution >= 0.6 is 15.9 Å². The van der Waals surface area contributed by atoms with E-state index in [4.69, 9.17) is 0 Å². The molecule has 0 unspecified atom stereocenters. The van der Waals surface area contributed by atoms with Crippen molar-refractivity contribution in [1.82, 2.24) is 0 Å². The van der Waals surface area contributed by atoms with Gasteiger partial charge in [0, 0.05) is 21.5 Å². The lowest BCUT2D eigenvalue weighted by molar-refractivity contribution is 1.25. The quantitative estimate of drug-likeness (QED) is 0.328. The molecule has 4 rings (SSSR count). The van der Waals surface area contributed by atoms with Gasteiger partial charge in [0.1, 0.15) is 0 Å². The molecule has 0 atom stereocenters. The Morgan fingerprint density at radius 1 is 0.556 bits per heavy atom. The number of hydrogen-bond donors (Lipinski definition) is 0. The first-order chi connectivity index (χ1) is 13.2. The van der Waals surface area contributed by atoms with Gasteiger partial charge in [-0.3, -0.25) is 0 Å². The molecule has 0 aliphatic rings. The molecule has 4 aromatic carbocycles. The van der Waals surface area contributed by atoms with Crippen molar-refractivity contribution in [2.75, 3.05) is 4.90 Å². The van der Waals surface area contributed by atoms with Gasteiger partial charge in [-0.2, -0.15) is 0 Å². The van der Waals surface area contributed by atoms with Crippen molar-refractivity contribution in [2.45, 2.75) is 6.92 Å². The van der Waals surface area contributed by atoms with E-state index in [9.17, 15) is 0 Å². The minimum Gasteiger partial charge on any atom is -0.310 e. The number of anilines is 3. The SMILES string of the molecule is Cc1ccccc1N(c1ccc(Br)cc1)c1ccc(-c2ccccc2)cc1. The topological polar surface area (TPSA) is 3.24 Å². The summed E-state index contributed by atoms with van der Waals surface area (Å²) < 4.78 is 1.08. The van der Waals surface area contributed by atoms with E-state index in [2.05, 4.69) is 125 Å². The Labute approximate surface area is 169 Å². The van der Waals surface area contributed by atoms with Crippen LogP contribution in [0, 0.1) is 6.92 Å². The van der Waals surface area contributed by atoms with Crippen LogP contribution in [-0.2, 0) is 0 Å². The predicted octanol–water partition coefficient (Wildman–Crippen LogP) is 7.89. The summed E-state index contributed by atoms with van der Waals surface area (Å²) in [6, 6.07) is 36.2. The molecule has 1 nitrogen and oxygen atoms in total. The fourth-order valence-corrected chi connectivity index (χ4v) is 3.53. The van der Waals surface area contributed by atoms with Crippen LogP contribution in [0.15, 0.2) is 108 Å². The summed E-state index contributed by atoms with van der Waals surface area (Å²) in [4.78, 5) is 2.30. The van der Waals surface area contributed by atoms with Crippen molar-refractivity contribution < 1.29 is 0 Å². The largest absolute Gasteiger partial charge is 0.310 e. The van der Waals surface area contributed by atoms with Crippen molar-refractivity contribution in [1.29, 1.82) is 0 Å². The second-order valence-corrected chi connectivity index (χ2v) is 7.43. The Morgan fingerprint density at radius 2 is 1.07 bits per heavy atom. The number of para-hydroxylation sites is 1. The first-order valence-electron chi connectivity index (χ1n) is 8.99. The average Bonchev–Trinajstić information content (AvgIpc) is 2.72.